The van der Waals surface area contributed by atoms with Crippen molar-refractivity contribution < 1.29 is 50.0 Å². The van der Waals surface area contributed by atoms with Gasteiger partial charge in [-0.15, -0.1) is 0 Å². The number of nitrogens with two attached hydrogens (primary N) is 1. The quantitative estimate of drug-likeness (QED) is 0.211. The number of carboxylic acids is 1. The fourth-order valence-corrected chi connectivity index (χ4v) is 2.18. The van der Waals surface area contributed by atoms with Crippen LogP contribution in [0.3, 0.4) is 0 Å². The van der Waals surface area contributed by atoms with Gasteiger partial charge < -0.3 is 51.0 Å². The second-order valence-electron chi connectivity index (χ2n) is 5.38. The maximum absolute atomic E-state index is 11.5. The van der Waals surface area contributed by atoms with Crippen molar-refractivity contribution in [3.63, 3.8) is 0 Å². The minimum atomic E-state index is -2.44. The maximum Gasteiger partial charge on any atom is 0.364 e. The van der Waals surface area contributed by atoms with E-state index in [9.17, 15) is 30.3 Å². The molecule has 1 heterocycles. The predicted molar refractivity (Wildman–Crippen MR) is 72.0 cm³/mol. The average Bonchev–Trinajstić information content (AvgIpc) is 2.53. The summed E-state index contributed by atoms with van der Waals surface area (Å²) >= 11 is 0. The molecule has 0 aromatic carbocycles. The van der Waals surface area contributed by atoms with Crippen molar-refractivity contribution in [2.75, 3.05) is 19.8 Å². The van der Waals surface area contributed by atoms with E-state index < -0.39 is 74.6 Å². The first-order valence-corrected chi connectivity index (χ1v) is 6.93. The van der Waals surface area contributed by atoms with Crippen molar-refractivity contribution in [3.8, 4) is 0 Å². The molecule has 0 saturated carbocycles. The van der Waals surface area contributed by atoms with Gasteiger partial charge in [-0.1, -0.05) is 0 Å². The Morgan fingerprint density at radius 1 is 1.30 bits per heavy atom. The molecule has 0 bridgehead atoms. The van der Waals surface area contributed by atoms with Crippen LogP contribution in [0.2, 0.25) is 0 Å². The van der Waals surface area contributed by atoms with Gasteiger partial charge in [-0.25, -0.2) is 4.79 Å². The first kappa shape index (κ1) is 20.2. The Morgan fingerprint density at radius 3 is 2.39 bits per heavy atom. The minimum absolute atomic E-state index is 0.597. The molecule has 0 aromatic rings. The zero-order valence-electron chi connectivity index (χ0n) is 12.2. The first-order valence-electron chi connectivity index (χ1n) is 6.93. The Kier molecular flexibility index (Phi) is 7.26. The van der Waals surface area contributed by atoms with Gasteiger partial charge in [0.05, 0.1) is 32.0 Å². The molecule has 0 amide bonds. The number of hydrogen-bond acceptors (Lipinski definition) is 10. The number of carbonyl (C=O) groups is 1. The van der Waals surface area contributed by atoms with Crippen LogP contribution in [0.5, 0.6) is 0 Å². The summed E-state index contributed by atoms with van der Waals surface area (Å²) in [5.41, 5.74) is 5.65. The highest BCUT2D eigenvalue weighted by Gasteiger charge is 2.54. The van der Waals surface area contributed by atoms with E-state index in [2.05, 4.69) is 0 Å². The van der Waals surface area contributed by atoms with Crippen LogP contribution in [0.1, 0.15) is 6.42 Å². The van der Waals surface area contributed by atoms with E-state index in [1.807, 2.05) is 0 Å². The van der Waals surface area contributed by atoms with Gasteiger partial charge in [0.25, 0.3) is 5.79 Å². The molecule has 1 rings (SSSR count). The molecule has 11 nitrogen and oxygen atoms in total. The number of rotatable bonds is 8. The van der Waals surface area contributed by atoms with E-state index in [0.717, 1.165) is 0 Å². The Balaban J connectivity index is 3.00. The molecule has 0 aromatic heterocycles. The average molecular weight is 341 g/mol. The number of hydrogen-bond donors (Lipinski definition) is 8. The highest BCUT2D eigenvalue weighted by Crippen LogP contribution is 2.32. The molecule has 0 spiro atoms. The highest BCUT2D eigenvalue weighted by atomic mass is 16.7. The lowest BCUT2D eigenvalue weighted by Crippen LogP contribution is -2.66. The Bertz CT molecular complexity index is 396. The van der Waals surface area contributed by atoms with Crippen molar-refractivity contribution in [3.05, 3.63) is 0 Å². The summed E-state index contributed by atoms with van der Waals surface area (Å²) in [6.07, 6.45) is -8.45. The van der Waals surface area contributed by atoms with E-state index in [4.69, 9.17) is 25.4 Å². The maximum atomic E-state index is 11.5. The molecule has 0 aliphatic carbocycles. The lowest BCUT2D eigenvalue weighted by atomic mass is 9.89. The summed E-state index contributed by atoms with van der Waals surface area (Å²) in [6.45, 7) is -2.14. The molecule has 7 atom stereocenters. The van der Waals surface area contributed by atoms with Gasteiger partial charge in [0.2, 0.25) is 0 Å². The van der Waals surface area contributed by atoms with E-state index in [1.165, 1.54) is 0 Å². The van der Waals surface area contributed by atoms with E-state index in [1.54, 1.807) is 0 Å². The summed E-state index contributed by atoms with van der Waals surface area (Å²) in [5.74, 6) is -4.09. The topological polar surface area (TPSA) is 203 Å². The summed E-state index contributed by atoms with van der Waals surface area (Å²) in [5, 5.41) is 65.5. The lowest BCUT2D eigenvalue weighted by Gasteiger charge is -2.45. The van der Waals surface area contributed by atoms with Crippen LogP contribution in [0, 0.1) is 0 Å². The molecule has 0 radical (unpaired) electrons. The van der Waals surface area contributed by atoms with Gasteiger partial charge in [-0.05, 0) is 0 Å². The Labute approximate surface area is 131 Å². The third-order valence-corrected chi connectivity index (χ3v) is 3.59. The fourth-order valence-electron chi connectivity index (χ4n) is 2.18. The summed E-state index contributed by atoms with van der Waals surface area (Å²) in [7, 11) is 0. The van der Waals surface area contributed by atoms with Gasteiger partial charge in [0.1, 0.15) is 24.4 Å². The molecule has 1 saturated heterocycles. The summed E-state index contributed by atoms with van der Waals surface area (Å²) < 4.78 is 10.2. The lowest BCUT2D eigenvalue weighted by molar-refractivity contribution is -0.313. The third kappa shape index (κ3) is 4.56. The van der Waals surface area contributed by atoms with Crippen LogP contribution in [0.25, 0.3) is 0 Å². The molecule has 1 aliphatic rings. The highest BCUT2D eigenvalue weighted by molar-refractivity contribution is 5.76. The first-order chi connectivity index (χ1) is 10.7. The fraction of sp³-hybridized carbons (Fsp3) is 0.917. The van der Waals surface area contributed by atoms with Crippen molar-refractivity contribution in [2.24, 2.45) is 5.73 Å². The monoisotopic (exact) mass is 341 g/mol. The number of aliphatic hydroxyl groups is 6. The van der Waals surface area contributed by atoms with Crippen LogP contribution < -0.4 is 5.73 Å². The van der Waals surface area contributed by atoms with Gasteiger partial charge in [-0.2, -0.15) is 0 Å². The minimum Gasteiger partial charge on any atom is -0.477 e. The Hall–Kier alpha value is -0.890. The molecular formula is C12H23NO10. The molecule has 1 aliphatic heterocycles. The molecule has 11 heteroatoms. The molecule has 9 N–H and O–H groups in total. The third-order valence-electron chi connectivity index (χ3n) is 3.59. The molecular weight excluding hydrogens is 318 g/mol. The largest absolute Gasteiger partial charge is 0.477 e. The zero-order valence-corrected chi connectivity index (χ0v) is 12.2. The standard InChI is InChI=1S/C12H23NO10/c13-8-6(17)1-12(11(20)21,22-4-5(16)2-14)23-10(8)9(19)7(18)3-15/h5-10,14-19H,1-4,13H2,(H,20,21). The van der Waals surface area contributed by atoms with Crippen LogP contribution in [0.4, 0.5) is 0 Å². The van der Waals surface area contributed by atoms with E-state index >= 15 is 0 Å². The van der Waals surface area contributed by atoms with Crippen molar-refractivity contribution in [1.29, 1.82) is 0 Å². The molecule has 7 unspecified atom stereocenters. The molecule has 1 fully saturated rings. The number of ether oxygens (including phenoxy) is 2. The van der Waals surface area contributed by atoms with Crippen LogP contribution in [0.15, 0.2) is 0 Å². The second-order valence-corrected chi connectivity index (χ2v) is 5.38. The number of aliphatic carboxylic acids is 1. The van der Waals surface area contributed by atoms with Crippen molar-refractivity contribution in [2.45, 2.75) is 48.8 Å². The van der Waals surface area contributed by atoms with E-state index in [-0.39, 0.29) is 0 Å². The van der Waals surface area contributed by atoms with Crippen LogP contribution >= 0.6 is 0 Å². The smallest absolute Gasteiger partial charge is 0.364 e. The number of carboxylic acid groups (broad SMARTS) is 1. The van der Waals surface area contributed by atoms with Crippen molar-refractivity contribution in [1.82, 2.24) is 0 Å². The van der Waals surface area contributed by atoms with Gasteiger partial charge in [0, 0.05) is 6.42 Å². The molecule has 136 valence electrons. The predicted octanol–water partition coefficient (Wildman–Crippen LogP) is -4.67. The van der Waals surface area contributed by atoms with Crippen LogP contribution in [-0.4, -0.2) is 104 Å². The Morgan fingerprint density at radius 2 is 1.91 bits per heavy atom. The summed E-state index contributed by atoms with van der Waals surface area (Å²) in [4.78, 5) is 11.5. The van der Waals surface area contributed by atoms with Gasteiger partial charge >= 0.3 is 5.97 Å². The van der Waals surface area contributed by atoms with E-state index in [0.29, 0.717) is 0 Å². The van der Waals surface area contributed by atoms with Gasteiger partial charge in [-0.3, -0.25) is 0 Å². The molecule has 23 heavy (non-hydrogen) atoms. The van der Waals surface area contributed by atoms with Gasteiger partial charge in [0.15, 0.2) is 0 Å². The SMILES string of the molecule is NC1C(O)CC(OCC(O)CO)(C(=O)O)OC1C(O)C(O)CO. The zero-order chi connectivity index (χ0) is 17.8. The summed E-state index contributed by atoms with van der Waals surface area (Å²) in [6, 6.07) is -1.25. The van der Waals surface area contributed by atoms with Crippen molar-refractivity contribution >= 4 is 5.97 Å². The second kappa shape index (κ2) is 8.28. The normalized spacial score (nSPS) is 35.5. The van der Waals surface area contributed by atoms with Crippen LogP contribution in [-0.2, 0) is 14.3 Å². The number of aliphatic hydroxyl groups excluding tert-OH is 6.